The van der Waals surface area contributed by atoms with E-state index in [-0.39, 0.29) is 12.5 Å². The van der Waals surface area contributed by atoms with Crippen LogP contribution in [0.2, 0.25) is 5.02 Å². The highest BCUT2D eigenvalue weighted by Crippen LogP contribution is 2.18. The standard InChI is InChI=1S/C14H18ClN5O3/c1-8-6-19(14(23)17-13(8)22)7-11(21)16-4-5-20-10(3)12(15)9(2)18-20/h6H,4-5,7H2,1-3H3,(H,16,21)(H,17,22,23). The Kier molecular flexibility index (Phi) is 5.05. The third-order valence-corrected chi connectivity index (χ3v) is 3.99. The summed E-state index contributed by atoms with van der Waals surface area (Å²) in [6.45, 7) is 5.91. The first-order chi connectivity index (χ1) is 10.8. The maximum atomic E-state index is 11.9. The second-order valence-corrected chi connectivity index (χ2v) is 5.64. The average Bonchev–Trinajstić information content (AvgIpc) is 2.72. The summed E-state index contributed by atoms with van der Waals surface area (Å²) in [6, 6.07) is 0. The van der Waals surface area contributed by atoms with Gasteiger partial charge in [0.25, 0.3) is 5.56 Å². The van der Waals surface area contributed by atoms with E-state index in [0.717, 1.165) is 16.0 Å². The van der Waals surface area contributed by atoms with Gasteiger partial charge in [0.05, 0.1) is 23.0 Å². The molecule has 2 N–H and O–H groups in total. The lowest BCUT2D eigenvalue weighted by atomic mass is 10.4. The van der Waals surface area contributed by atoms with Crippen LogP contribution < -0.4 is 16.6 Å². The Morgan fingerprint density at radius 2 is 2.04 bits per heavy atom. The number of nitrogens with one attached hydrogen (secondary N) is 2. The predicted molar refractivity (Wildman–Crippen MR) is 85.8 cm³/mol. The summed E-state index contributed by atoms with van der Waals surface area (Å²) >= 11 is 6.05. The molecule has 0 saturated heterocycles. The largest absolute Gasteiger partial charge is 0.353 e. The molecule has 0 bridgehead atoms. The van der Waals surface area contributed by atoms with Crippen LogP contribution in [0.3, 0.4) is 0 Å². The normalized spacial score (nSPS) is 10.8. The Morgan fingerprint density at radius 3 is 2.65 bits per heavy atom. The zero-order chi connectivity index (χ0) is 17.1. The molecule has 1 amide bonds. The summed E-state index contributed by atoms with van der Waals surface area (Å²) in [4.78, 5) is 36.9. The highest BCUT2D eigenvalue weighted by Gasteiger charge is 2.10. The molecule has 0 spiro atoms. The van der Waals surface area contributed by atoms with Crippen molar-refractivity contribution in [3.05, 3.63) is 49.0 Å². The lowest BCUT2D eigenvalue weighted by Gasteiger charge is -2.08. The fourth-order valence-corrected chi connectivity index (χ4v) is 2.28. The molecule has 0 radical (unpaired) electrons. The molecule has 2 rings (SSSR count). The first-order valence-corrected chi connectivity index (χ1v) is 7.44. The van der Waals surface area contributed by atoms with Gasteiger partial charge in [-0.15, -0.1) is 0 Å². The number of nitrogens with zero attached hydrogens (tertiary/aromatic N) is 3. The number of aromatic amines is 1. The van der Waals surface area contributed by atoms with Crippen LogP contribution in [0.25, 0.3) is 0 Å². The van der Waals surface area contributed by atoms with Gasteiger partial charge in [0, 0.05) is 18.3 Å². The van der Waals surface area contributed by atoms with Crippen molar-refractivity contribution in [2.75, 3.05) is 6.54 Å². The van der Waals surface area contributed by atoms with E-state index in [0.29, 0.717) is 23.7 Å². The van der Waals surface area contributed by atoms with Crippen molar-refractivity contribution in [1.29, 1.82) is 0 Å². The predicted octanol–water partition coefficient (Wildman–Crippen LogP) is 0.128. The van der Waals surface area contributed by atoms with Crippen molar-refractivity contribution in [2.45, 2.75) is 33.9 Å². The molecule has 0 aliphatic carbocycles. The van der Waals surface area contributed by atoms with Crippen LogP contribution in [0.15, 0.2) is 15.8 Å². The number of hydrogen-bond donors (Lipinski definition) is 2. The van der Waals surface area contributed by atoms with Crippen molar-refractivity contribution in [2.24, 2.45) is 0 Å². The van der Waals surface area contributed by atoms with Gasteiger partial charge >= 0.3 is 5.69 Å². The number of rotatable bonds is 5. The Hall–Kier alpha value is -2.35. The molecule has 2 aromatic rings. The third-order valence-electron chi connectivity index (χ3n) is 3.44. The van der Waals surface area contributed by atoms with E-state index in [1.807, 2.05) is 13.8 Å². The summed E-state index contributed by atoms with van der Waals surface area (Å²) in [5.74, 6) is -0.328. The fraction of sp³-hybridized carbons (Fsp3) is 0.429. The van der Waals surface area contributed by atoms with Gasteiger partial charge in [0.2, 0.25) is 5.91 Å². The summed E-state index contributed by atoms with van der Waals surface area (Å²) in [5.41, 5.74) is 0.889. The number of carbonyl (C=O) groups is 1. The maximum Gasteiger partial charge on any atom is 0.328 e. The smallest absolute Gasteiger partial charge is 0.328 e. The molecule has 0 fully saturated rings. The number of halogens is 1. The molecule has 0 aliphatic rings. The minimum atomic E-state index is -0.610. The van der Waals surface area contributed by atoms with Crippen molar-refractivity contribution in [1.82, 2.24) is 24.6 Å². The van der Waals surface area contributed by atoms with E-state index < -0.39 is 11.2 Å². The Balaban J connectivity index is 1.93. The summed E-state index contributed by atoms with van der Waals surface area (Å²) < 4.78 is 2.88. The van der Waals surface area contributed by atoms with Gasteiger partial charge in [-0.05, 0) is 20.8 Å². The Morgan fingerprint density at radius 1 is 1.35 bits per heavy atom. The third kappa shape index (κ3) is 3.89. The molecule has 124 valence electrons. The zero-order valence-corrected chi connectivity index (χ0v) is 13.9. The van der Waals surface area contributed by atoms with Crippen LogP contribution in [0.4, 0.5) is 0 Å². The molecular weight excluding hydrogens is 322 g/mol. The van der Waals surface area contributed by atoms with Crippen molar-refractivity contribution in [3.63, 3.8) is 0 Å². The van der Waals surface area contributed by atoms with E-state index >= 15 is 0 Å². The summed E-state index contributed by atoms with van der Waals surface area (Å²) in [5, 5.41) is 7.58. The number of hydrogen-bond acceptors (Lipinski definition) is 4. The molecule has 0 aliphatic heterocycles. The van der Waals surface area contributed by atoms with Crippen LogP contribution in [0.5, 0.6) is 0 Å². The molecule has 8 nitrogen and oxygen atoms in total. The molecule has 2 heterocycles. The highest BCUT2D eigenvalue weighted by molar-refractivity contribution is 6.31. The quantitative estimate of drug-likeness (QED) is 0.808. The van der Waals surface area contributed by atoms with Crippen LogP contribution in [0, 0.1) is 20.8 Å². The van der Waals surface area contributed by atoms with Gasteiger partial charge in [0.15, 0.2) is 0 Å². The van der Waals surface area contributed by atoms with E-state index in [1.165, 1.54) is 6.20 Å². The molecule has 9 heteroatoms. The number of carbonyl (C=O) groups excluding carboxylic acids is 1. The molecule has 0 atom stereocenters. The van der Waals surface area contributed by atoms with Crippen LogP contribution in [-0.2, 0) is 17.9 Å². The first kappa shape index (κ1) is 17.0. The van der Waals surface area contributed by atoms with Crippen LogP contribution in [0.1, 0.15) is 17.0 Å². The minimum Gasteiger partial charge on any atom is -0.353 e. The van der Waals surface area contributed by atoms with Gasteiger partial charge in [0.1, 0.15) is 6.54 Å². The van der Waals surface area contributed by atoms with Gasteiger partial charge in [-0.1, -0.05) is 11.6 Å². The summed E-state index contributed by atoms with van der Waals surface area (Å²) in [7, 11) is 0. The topological polar surface area (TPSA) is 102 Å². The zero-order valence-electron chi connectivity index (χ0n) is 13.1. The molecule has 0 unspecified atom stereocenters. The second kappa shape index (κ2) is 6.82. The molecular formula is C14H18ClN5O3. The minimum absolute atomic E-state index is 0.158. The first-order valence-electron chi connectivity index (χ1n) is 7.06. The van der Waals surface area contributed by atoms with Crippen molar-refractivity contribution in [3.8, 4) is 0 Å². The molecule has 2 aromatic heterocycles. The summed E-state index contributed by atoms with van der Waals surface area (Å²) in [6.07, 6.45) is 1.36. The number of aromatic nitrogens is 4. The fourth-order valence-electron chi connectivity index (χ4n) is 2.14. The number of aryl methyl sites for hydroxylation is 2. The van der Waals surface area contributed by atoms with E-state index in [1.54, 1.807) is 11.6 Å². The van der Waals surface area contributed by atoms with Gasteiger partial charge in [-0.2, -0.15) is 5.10 Å². The van der Waals surface area contributed by atoms with E-state index in [2.05, 4.69) is 15.4 Å². The van der Waals surface area contributed by atoms with Gasteiger partial charge in [-0.25, -0.2) is 4.79 Å². The van der Waals surface area contributed by atoms with Crippen molar-refractivity contribution < 1.29 is 4.79 Å². The lowest BCUT2D eigenvalue weighted by molar-refractivity contribution is -0.121. The Bertz CT molecular complexity index is 849. The highest BCUT2D eigenvalue weighted by atomic mass is 35.5. The van der Waals surface area contributed by atoms with Gasteiger partial charge < -0.3 is 5.32 Å². The van der Waals surface area contributed by atoms with Gasteiger partial charge in [-0.3, -0.25) is 23.8 Å². The van der Waals surface area contributed by atoms with E-state index in [9.17, 15) is 14.4 Å². The maximum absolute atomic E-state index is 11.9. The number of H-pyrrole nitrogens is 1. The lowest BCUT2D eigenvalue weighted by Crippen LogP contribution is -2.37. The second-order valence-electron chi connectivity index (χ2n) is 5.26. The molecule has 0 saturated carbocycles. The molecule has 0 aromatic carbocycles. The number of amides is 1. The van der Waals surface area contributed by atoms with E-state index in [4.69, 9.17) is 11.6 Å². The van der Waals surface area contributed by atoms with Crippen LogP contribution in [-0.4, -0.2) is 31.8 Å². The SMILES string of the molecule is Cc1nn(CCNC(=O)Cn2cc(C)c(=O)[nH]c2=O)c(C)c1Cl. The monoisotopic (exact) mass is 339 g/mol. The van der Waals surface area contributed by atoms with Crippen molar-refractivity contribution >= 4 is 17.5 Å². The molecule has 23 heavy (non-hydrogen) atoms. The average molecular weight is 340 g/mol. The van der Waals surface area contributed by atoms with Crippen LogP contribution >= 0.6 is 11.6 Å². The Labute approximate surface area is 137 Å².